The van der Waals surface area contributed by atoms with E-state index in [-0.39, 0.29) is 11.6 Å². The zero-order valence-electron chi connectivity index (χ0n) is 15.5. The van der Waals surface area contributed by atoms with Crippen LogP contribution in [-0.4, -0.2) is 27.6 Å². The summed E-state index contributed by atoms with van der Waals surface area (Å²) in [6.45, 7) is 8.27. The number of fused-ring (bicyclic) bond motifs is 1. The van der Waals surface area contributed by atoms with Crippen molar-refractivity contribution in [3.63, 3.8) is 0 Å². The second-order valence-corrected chi connectivity index (χ2v) is 9.13. The third-order valence-electron chi connectivity index (χ3n) is 5.05. The number of nitrogens with one attached hydrogen (secondary N) is 2. The van der Waals surface area contributed by atoms with Crippen LogP contribution in [0.4, 0.5) is 5.82 Å². The molecule has 1 fully saturated rings. The van der Waals surface area contributed by atoms with Gasteiger partial charge in [0.2, 0.25) is 0 Å². The number of carbonyl (C=O) groups is 2. The molecule has 0 radical (unpaired) electrons. The number of hydrogen-bond donors (Lipinski definition) is 2. The van der Waals surface area contributed by atoms with Gasteiger partial charge < -0.3 is 10.6 Å². The molecule has 0 bridgehead atoms. The second-order valence-electron chi connectivity index (χ2n) is 8.15. The summed E-state index contributed by atoms with van der Waals surface area (Å²) in [5, 5.41) is 10.4. The normalized spacial score (nSPS) is 23.2. The molecule has 1 aliphatic heterocycles. The molecule has 3 rings (SSSR count). The maximum atomic E-state index is 12.5. The Kier molecular flexibility index (Phi) is 5.14. The Morgan fingerprint density at radius 2 is 1.88 bits per heavy atom. The number of hydrogen-bond acceptors (Lipinski definition) is 4. The Morgan fingerprint density at radius 1 is 1.16 bits per heavy atom. The summed E-state index contributed by atoms with van der Waals surface area (Å²) in [6.07, 6.45) is 4.37. The summed E-state index contributed by atoms with van der Waals surface area (Å²) in [7, 11) is 0. The molecule has 2 amide bonds. The van der Waals surface area contributed by atoms with E-state index < -0.39 is 11.8 Å². The number of carbonyl (C=O) groups excluding carboxylic acids is 2. The van der Waals surface area contributed by atoms with Crippen molar-refractivity contribution in [2.24, 2.45) is 5.92 Å². The fourth-order valence-electron chi connectivity index (χ4n) is 3.56. The van der Waals surface area contributed by atoms with E-state index in [1.807, 2.05) is 25.5 Å². The summed E-state index contributed by atoms with van der Waals surface area (Å²) in [5.74, 6) is 1.63. The van der Waals surface area contributed by atoms with Gasteiger partial charge in [0.25, 0.3) is 0 Å². The van der Waals surface area contributed by atoms with Crippen LogP contribution >= 0.6 is 11.8 Å². The minimum atomic E-state index is -0.595. The SMILES string of the molecule is C[C@@H]1CCCC[C@H]1NC(=O)C(=O)Nc1c2c(nn1C(C)(C)C)CSC2. The second kappa shape index (κ2) is 7.02. The summed E-state index contributed by atoms with van der Waals surface area (Å²) in [4.78, 5) is 24.9. The lowest BCUT2D eigenvalue weighted by atomic mass is 9.86. The van der Waals surface area contributed by atoms with Gasteiger partial charge in [0.05, 0.1) is 11.2 Å². The van der Waals surface area contributed by atoms with E-state index in [1.54, 1.807) is 11.8 Å². The molecule has 25 heavy (non-hydrogen) atoms. The standard InChI is InChI=1S/C18H28N4O2S/c1-11-7-5-6-8-13(11)19-16(23)17(24)20-15-12-9-25-10-14(12)21-22(15)18(2,3)4/h11,13H,5-10H2,1-4H3,(H,19,23)(H,20,24)/t11-,13-/m1/s1. The van der Waals surface area contributed by atoms with Crippen molar-refractivity contribution in [2.75, 3.05) is 5.32 Å². The van der Waals surface area contributed by atoms with Crippen LogP contribution in [0.5, 0.6) is 0 Å². The molecule has 2 atom stereocenters. The Hall–Kier alpha value is -1.50. The highest BCUT2D eigenvalue weighted by Gasteiger charge is 2.31. The molecule has 0 aromatic carbocycles. The van der Waals surface area contributed by atoms with Crippen LogP contribution in [-0.2, 0) is 26.6 Å². The molecule has 1 aliphatic carbocycles. The molecule has 2 aliphatic rings. The maximum absolute atomic E-state index is 12.5. The largest absolute Gasteiger partial charge is 0.345 e. The van der Waals surface area contributed by atoms with E-state index in [9.17, 15) is 9.59 Å². The van der Waals surface area contributed by atoms with Crippen molar-refractivity contribution >= 4 is 29.4 Å². The quantitative estimate of drug-likeness (QED) is 0.791. The van der Waals surface area contributed by atoms with Gasteiger partial charge in [-0.25, -0.2) is 4.68 Å². The van der Waals surface area contributed by atoms with Crippen LogP contribution < -0.4 is 10.6 Å². The van der Waals surface area contributed by atoms with E-state index in [0.29, 0.717) is 11.7 Å². The Bertz CT molecular complexity index is 677. The van der Waals surface area contributed by atoms with Crippen molar-refractivity contribution in [3.8, 4) is 0 Å². The predicted molar refractivity (Wildman–Crippen MR) is 100 cm³/mol. The lowest BCUT2D eigenvalue weighted by Gasteiger charge is -2.29. The van der Waals surface area contributed by atoms with Gasteiger partial charge in [-0.05, 0) is 39.5 Å². The van der Waals surface area contributed by atoms with Gasteiger partial charge in [0, 0.05) is 23.1 Å². The van der Waals surface area contributed by atoms with E-state index in [2.05, 4.69) is 22.7 Å². The molecule has 138 valence electrons. The molecule has 0 unspecified atom stereocenters. The Balaban J connectivity index is 1.73. The lowest BCUT2D eigenvalue weighted by molar-refractivity contribution is -0.137. The Morgan fingerprint density at radius 3 is 2.56 bits per heavy atom. The van der Waals surface area contributed by atoms with Crippen molar-refractivity contribution in [1.82, 2.24) is 15.1 Å². The number of anilines is 1. The van der Waals surface area contributed by atoms with E-state index in [1.165, 1.54) is 6.42 Å². The van der Waals surface area contributed by atoms with Crippen LogP contribution in [0.15, 0.2) is 0 Å². The molecule has 6 nitrogen and oxygen atoms in total. The molecule has 2 N–H and O–H groups in total. The molecule has 1 aromatic heterocycles. The highest BCUT2D eigenvalue weighted by molar-refractivity contribution is 7.98. The fourth-order valence-corrected chi connectivity index (χ4v) is 4.59. The monoisotopic (exact) mass is 364 g/mol. The zero-order chi connectivity index (χ0) is 18.2. The lowest BCUT2D eigenvalue weighted by Crippen LogP contribution is -2.46. The number of rotatable bonds is 2. The van der Waals surface area contributed by atoms with Gasteiger partial charge >= 0.3 is 11.8 Å². The van der Waals surface area contributed by atoms with Gasteiger partial charge in [0.1, 0.15) is 5.82 Å². The highest BCUT2D eigenvalue weighted by Crippen LogP contribution is 2.37. The molecular weight excluding hydrogens is 336 g/mol. The van der Waals surface area contributed by atoms with Crippen LogP contribution in [0.3, 0.4) is 0 Å². The first-order valence-electron chi connectivity index (χ1n) is 9.08. The smallest absolute Gasteiger partial charge is 0.314 e. The van der Waals surface area contributed by atoms with Gasteiger partial charge in [-0.1, -0.05) is 19.8 Å². The zero-order valence-corrected chi connectivity index (χ0v) is 16.3. The molecule has 1 saturated carbocycles. The summed E-state index contributed by atoms with van der Waals surface area (Å²) in [5.41, 5.74) is 1.80. The minimum absolute atomic E-state index is 0.0980. The van der Waals surface area contributed by atoms with Crippen molar-refractivity contribution < 1.29 is 9.59 Å². The van der Waals surface area contributed by atoms with Crippen LogP contribution in [0, 0.1) is 5.92 Å². The Labute approximate surface area is 153 Å². The van der Waals surface area contributed by atoms with Crippen LogP contribution in [0.25, 0.3) is 0 Å². The number of amides is 2. The molecular formula is C18H28N4O2S. The average Bonchev–Trinajstić information content (AvgIpc) is 3.11. The third kappa shape index (κ3) is 3.86. The van der Waals surface area contributed by atoms with Crippen molar-refractivity contribution in [1.29, 1.82) is 0 Å². The van der Waals surface area contributed by atoms with Crippen LogP contribution in [0.2, 0.25) is 0 Å². The van der Waals surface area contributed by atoms with Gasteiger partial charge in [-0.15, -0.1) is 0 Å². The topological polar surface area (TPSA) is 76.0 Å². The van der Waals surface area contributed by atoms with Gasteiger partial charge in [0.15, 0.2) is 0 Å². The van der Waals surface area contributed by atoms with E-state index in [4.69, 9.17) is 0 Å². The average molecular weight is 365 g/mol. The van der Waals surface area contributed by atoms with Gasteiger partial charge in [-0.3, -0.25) is 9.59 Å². The first-order chi connectivity index (χ1) is 11.8. The number of thioether (sulfide) groups is 1. The third-order valence-corrected chi connectivity index (χ3v) is 6.02. The van der Waals surface area contributed by atoms with Crippen molar-refractivity contribution in [3.05, 3.63) is 11.3 Å². The summed E-state index contributed by atoms with van der Waals surface area (Å²) >= 11 is 1.78. The molecule has 2 heterocycles. The summed E-state index contributed by atoms with van der Waals surface area (Å²) < 4.78 is 1.84. The first kappa shape index (κ1) is 18.3. The van der Waals surface area contributed by atoms with Crippen molar-refractivity contribution in [2.45, 2.75) is 76.5 Å². The first-order valence-corrected chi connectivity index (χ1v) is 10.2. The predicted octanol–water partition coefficient (Wildman–Crippen LogP) is 3.02. The van der Waals surface area contributed by atoms with Crippen LogP contribution in [0.1, 0.15) is 64.6 Å². The fraction of sp³-hybridized carbons (Fsp3) is 0.722. The molecule has 1 aromatic rings. The minimum Gasteiger partial charge on any atom is -0.345 e. The summed E-state index contributed by atoms with van der Waals surface area (Å²) in [6, 6.07) is 0.0980. The molecule has 0 saturated heterocycles. The number of aromatic nitrogens is 2. The van der Waals surface area contributed by atoms with E-state index >= 15 is 0 Å². The van der Waals surface area contributed by atoms with Gasteiger partial charge in [-0.2, -0.15) is 16.9 Å². The molecule has 0 spiro atoms. The van der Waals surface area contributed by atoms with E-state index in [0.717, 1.165) is 42.0 Å². The molecule has 7 heteroatoms. The maximum Gasteiger partial charge on any atom is 0.314 e. The number of nitrogens with zero attached hydrogens (tertiary/aromatic N) is 2. The highest BCUT2D eigenvalue weighted by atomic mass is 32.2.